The Balaban J connectivity index is 0.687. The number of carbonyl (C=O) groups excluding carboxylic acids is 2. The fraction of sp³-hybridized carbons (Fsp3) is 0.480. The molecule has 0 saturated carbocycles. The predicted molar refractivity (Wildman–Crippen MR) is 284 cm³/mol. The van der Waals surface area contributed by atoms with Crippen LogP contribution in [0.25, 0.3) is 0 Å². The third-order valence-electron chi connectivity index (χ3n) is 11.9. The molecule has 74 heavy (non-hydrogen) atoms. The van der Waals surface area contributed by atoms with Gasteiger partial charge >= 0.3 is 12.1 Å². The number of rotatable bonds is 31. The van der Waals surface area contributed by atoms with E-state index in [0.717, 1.165) is 47.9 Å². The summed E-state index contributed by atoms with van der Waals surface area (Å²) in [5.74, 6) is 1.10. The first kappa shape index (κ1) is 59.1. The average molecular weight is 1150 g/mol. The van der Waals surface area contributed by atoms with Crippen LogP contribution in [0.2, 0.25) is 20.1 Å². The van der Waals surface area contributed by atoms with Gasteiger partial charge in [0.1, 0.15) is 23.7 Å². The van der Waals surface area contributed by atoms with Gasteiger partial charge in [-0.25, -0.2) is 35.9 Å². The Morgan fingerprint density at radius 1 is 0.500 bits per heavy atom. The highest BCUT2D eigenvalue weighted by Gasteiger charge is 2.29. The number of benzene rings is 4. The van der Waals surface area contributed by atoms with Crippen LogP contribution in [0.3, 0.4) is 0 Å². The van der Waals surface area contributed by atoms with Gasteiger partial charge in [-0.05, 0) is 146 Å². The minimum atomic E-state index is -3.78. The van der Waals surface area contributed by atoms with Crippen molar-refractivity contribution in [2.45, 2.75) is 74.4 Å². The van der Waals surface area contributed by atoms with E-state index in [1.165, 1.54) is 12.1 Å². The van der Waals surface area contributed by atoms with Crippen molar-refractivity contribution in [3.8, 4) is 11.5 Å². The molecule has 0 aromatic heterocycles. The second-order valence-corrected chi connectivity index (χ2v) is 22.5. The van der Waals surface area contributed by atoms with E-state index in [1.807, 2.05) is 12.1 Å². The Labute approximate surface area is 453 Å². The number of halogens is 4. The highest BCUT2D eigenvalue weighted by Crippen LogP contribution is 2.42. The first-order valence-electron chi connectivity index (χ1n) is 24.3. The van der Waals surface area contributed by atoms with Crippen molar-refractivity contribution in [1.29, 1.82) is 0 Å². The molecule has 18 nitrogen and oxygen atoms in total. The zero-order valence-corrected chi connectivity index (χ0v) is 46.0. The summed E-state index contributed by atoms with van der Waals surface area (Å²) in [4.78, 5) is 24.4. The fourth-order valence-corrected chi connectivity index (χ4v) is 12.0. The van der Waals surface area contributed by atoms with Crippen LogP contribution in [-0.2, 0) is 51.8 Å². The first-order valence-corrected chi connectivity index (χ1v) is 28.8. The zero-order chi connectivity index (χ0) is 53.1. The molecule has 0 spiro atoms. The number of sulfonamides is 2. The molecule has 0 radical (unpaired) electrons. The van der Waals surface area contributed by atoms with Crippen LogP contribution in [0.15, 0.2) is 70.5 Å². The van der Waals surface area contributed by atoms with E-state index in [2.05, 4.69) is 30.7 Å². The predicted octanol–water partition coefficient (Wildman–Crippen LogP) is 7.75. The van der Waals surface area contributed by atoms with Crippen LogP contribution in [-0.4, -0.2) is 121 Å². The lowest BCUT2D eigenvalue weighted by Gasteiger charge is -2.17. The van der Waals surface area contributed by atoms with E-state index in [0.29, 0.717) is 68.6 Å². The summed E-state index contributed by atoms with van der Waals surface area (Å²) in [5.41, 5.74) is 5.01. The maximum atomic E-state index is 13.0. The molecule has 4 aromatic rings. The highest BCUT2D eigenvalue weighted by atomic mass is 35.5. The number of unbranched alkanes of at least 4 members (excludes halogenated alkanes) is 1. The van der Waals surface area contributed by atoms with Crippen LogP contribution in [0.5, 0.6) is 11.5 Å². The maximum absolute atomic E-state index is 13.0. The molecule has 406 valence electrons. The van der Waals surface area contributed by atoms with Crippen molar-refractivity contribution in [3.63, 3.8) is 0 Å². The largest absolute Gasteiger partial charge is 0.486 e. The summed E-state index contributed by atoms with van der Waals surface area (Å²) in [7, 11) is -7.57. The molecule has 0 fully saturated rings. The third-order valence-corrected chi connectivity index (χ3v) is 16.2. The van der Waals surface area contributed by atoms with Gasteiger partial charge in [0.05, 0.1) is 62.6 Å². The SMILES string of the molecule is Cc1cc(O[C@@H]2CCc3c(Cl)cc(Cl)cc32)ccc1S(=O)(=O)NCCOCCOCCNC(=O)NCCCCNC(=O)NCCOCCOCCNS(=O)(=O)c1ccc(O[C@@H]2CCc3c(Cl)cc(Cl)cc32)cc1C. The van der Waals surface area contributed by atoms with Crippen molar-refractivity contribution >= 4 is 78.5 Å². The van der Waals surface area contributed by atoms with E-state index in [1.54, 1.807) is 50.2 Å². The summed E-state index contributed by atoms with van der Waals surface area (Å²) < 4.78 is 91.4. The average Bonchev–Trinajstić information content (AvgIpc) is 3.94. The summed E-state index contributed by atoms with van der Waals surface area (Å²) in [6, 6.07) is 16.2. The number of hydrogen-bond donors (Lipinski definition) is 6. The topological polar surface area (TPSA) is 230 Å². The molecule has 2 atom stereocenters. The standard InChI is InChI=1S/C50H64Cl4N6O12S2/c1-33-27-37(71-45-9-7-39-41(45)29-35(51)31-43(39)53)5-11-47(33)73(63,64)59-17-21-69-25-23-67-19-15-57-49(61)55-13-3-4-14-56-50(62)58-16-20-68-24-26-70-22-18-60-74(65,66)48-12-6-38(28-34(48)2)72-46-10-8-40-42(46)30-36(52)32-44(40)54/h5-6,11-12,27-32,45-46,59-60H,3-4,7-10,13-26H2,1-2H3,(H2,55,57,61)(H2,56,58,62)/t45-,46-/m1/s1. The van der Waals surface area contributed by atoms with E-state index in [9.17, 15) is 26.4 Å². The summed E-state index contributed by atoms with van der Waals surface area (Å²) >= 11 is 25.1. The Hall–Kier alpha value is -4.16. The maximum Gasteiger partial charge on any atom is 0.314 e. The molecule has 4 aromatic carbocycles. The Kier molecular flexibility index (Phi) is 23.5. The molecule has 0 aliphatic heterocycles. The van der Waals surface area contributed by atoms with Crippen LogP contribution < -0.4 is 40.2 Å². The second kappa shape index (κ2) is 29.4. The number of ether oxygens (including phenoxy) is 6. The molecule has 6 rings (SSSR count). The Morgan fingerprint density at radius 3 is 1.24 bits per heavy atom. The highest BCUT2D eigenvalue weighted by molar-refractivity contribution is 7.89. The molecule has 2 aliphatic carbocycles. The fourth-order valence-electron chi connectivity index (χ4n) is 8.33. The minimum Gasteiger partial charge on any atom is -0.486 e. The molecule has 0 bridgehead atoms. The normalized spacial score (nSPS) is 15.1. The van der Waals surface area contributed by atoms with Gasteiger partial charge in [0, 0.05) is 59.4 Å². The van der Waals surface area contributed by atoms with Crippen molar-refractivity contribution < 1.29 is 54.8 Å². The van der Waals surface area contributed by atoms with E-state index in [-0.39, 0.29) is 113 Å². The number of amides is 4. The molecule has 0 saturated heterocycles. The molecular weight excluding hydrogens is 1080 g/mol. The quantitative estimate of drug-likeness (QED) is 0.0266. The molecule has 2 aliphatic rings. The number of carbonyl (C=O) groups is 2. The van der Waals surface area contributed by atoms with Gasteiger partial charge in [0.2, 0.25) is 20.0 Å². The Morgan fingerprint density at radius 2 is 0.865 bits per heavy atom. The molecule has 24 heteroatoms. The summed E-state index contributed by atoms with van der Waals surface area (Å²) in [6.07, 6.45) is 3.89. The smallest absolute Gasteiger partial charge is 0.314 e. The van der Waals surface area contributed by atoms with Crippen molar-refractivity contribution in [2.24, 2.45) is 0 Å². The number of nitrogens with one attached hydrogen (secondary N) is 6. The number of hydrogen-bond acceptors (Lipinski definition) is 12. The van der Waals surface area contributed by atoms with Crippen LogP contribution in [0, 0.1) is 13.8 Å². The third kappa shape index (κ3) is 18.3. The Bertz CT molecular complexity index is 2580. The van der Waals surface area contributed by atoms with Gasteiger partial charge in [-0.1, -0.05) is 46.4 Å². The second-order valence-electron chi connectivity index (χ2n) is 17.4. The number of aryl methyl sites for hydroxylation is 2. The summed E-state index contributed by atoms with van der Waals surface area (Å²) in [5, 5.41) is 13.2. The van der Waals surface area contributed by atoms with Gasteiger partial charge in [-0.2, -0.15) is 0 Å². The van der Waals surface area contributed by atoms with E-state index in [4.69, 9.17) is 74.8 Å². The molecular formula is C50H64Cl4N6O12S2. The van der Waals surface area contributed by atoms with Crippen molar-refractivity contribution in [2.75, 3.05) is 92.1 Å². The molecule has 0 unspecified atom stereocenters. The molecule has 6 N–H and O–H groups in total. The van der Waals surface area contributed by atoms with Crippen LogP contribution >= 0.6 is 46.4 Å². The number of urea groups is 2. The van der Waals surface area contributed by atoms with E-state index >= 15 is 0 Å². The lowest BCUT2D eigenvalue weighted by Crippen LogP contribution is -2.39. The van der Waals surface area contributed by atoms with Gasteiger partial charge in [-0.3, -0.25) is 0 Å². The van der Waals surface area contributed by atoms with Crippen molar-refractivity contribution in [1.82, 2.24) is 30.7 Å². The molecule has 0 heterocycles. The van der Waals surface area contributed by atoms with Gasteiger partial charge in [-0.15, -0.1) is 0 Å². The van der Waals surface area contributed by atoms with Gasteiger partial charge < -0.3 is 49.7 Å². The van der Waals surface area contributed by atoms with Crippen LogP contribution in [0.4, 0.5) is 9.59 Å². The van der Waals surface area contributed by atoms with Gasteiger partial charge in [0.25, 0.3) is 0 Å². The first-order chi connectivity index (χ1) is 35.5. The van der Waals surface area contributed by atoms with Crippen molar-refractivity contribution in [3.05, 3.63) is 114 Å². The lowest BCUT2D eigenvalue weighted by atomic mass is 10.1. The number of fused-ring (bicyclic) bond motifs is 2. The lowest BCUT2D eigenvalue weighted by molar-refractivity contribution is 0.0516. The molecule has 4 amide bonds. The monoisotopic (exact) mass is 1140 g/mol. The minimum absolute atomic E-state index is 0.0716. The van der Waals surface area contributed by atoms with Gasteiger partial charge in [0.15, 0.2) is 0 Å². The van der Waals surface area contributed by atoms with E-state index < -0.39 is 20.0 Å². The van der Waals surface area contributed by atoms with Crippen LogP contribution in [0.1, 0.15) is 71.3 Å². The zero-order valence-electron chi connectivity index (χ0n) is 41.3. The summed E-state index contributed by atoms with van der Waals surface area (Å²) in [6.45, 7) is 6.82.